The van der Waals surface area contributed by atoms with Crippen molar-refractivity contribution in [1.29, 1.82) is 0 Å². The quantitative estimate of drug-likeness (QED) is 0.680. The van der Waals surface area contributed by atoms with Crippen LogP contribution in [0.15, 0.2) is 24.3 Å². The molecule has 0 aromatic heterocycles. The van der Waals surface area contributed by atoms with Gasteiger partial charge in [0.1, 0.15) is 23.7 Å². The fraction of sp³-hybridized carbons (Fsp3) is 0.579. The van der Waals surface area contributed by atoms with Gasteiger partial charge in [0.25, 0.3) is 0 Å². The Morgan fingerprint density at radius 2 is 1.69 bits per heavy atom. The number of nitrogens with zero attached hydrogens (tertiary/aromatic N) is 1. The Morgan fingerprint density at radius 3 is 2.27 bits per heavy atom. The maximum Gasteiger partial charge on any atom is 0.407 e. The molecular weight excluding hydrogens is 336 g/mol. The fourth-order valence-electron chi connectivity index (χ4n) is 1.93. The van der Waals surface area contributed by atoms with Gasteiger partial charge in [-0.05, 0) is 39.3 Å². The van der Waals surface area contributed by atoms with Gasteiger partial charge in [-0.2, -0.15) is 0 Å². The van der Waals surface area contributed by atoms with Gasteiger partial charge in [0.15, 0.2) is 0 Å². The minimum atomic E-state index is -0.520. The van der Waals surface area contributed by atoms with Gasteiger partial charge in [-0.1, -0.05) is 6.07 Å². The molecule has 7 heteroatoms. The first-order chi connectivity index (χ1) is 12.2. The molecule has 0 atom stereocenters. The van der Waals surface area contributed by atoms with Gasteiger partial charge in [0.2, 0.25) is 5.91 Å². The van der Waals surface area contributed by atoms with Gasteiger partial charge in [-0.25, -0.2) is 4.79 Å². The van der Waals surface area contributed by atoms with E-state index >= 15 is 0 Å². The van der Waals surface area contributed by atoms with Crippen LogP contribution in [0.3, 0.4) is 0 Å². The lowest BCUT2D eigenvalue weighted by atomic mass is 10.2. The highest BCUT2D eigenvalue weighted by molar-refractivity contribution is 5.75. The minimum Gasteiger partial charge on any atom is -0.493 e. The van der Waals surface area contributed by atoms with Crippen LogP contribution < -0.4 is 14.8 Å². The van der Waals surface area contributed by atoms with Crippen LogP contribution in [0.2, 0.25) is 0 Å². The number of hydrogen-bond donors (Lipinski definition) is 1. The lowest BCUT2D eigenvalue weighted by Gasteiger charge is -2.19. The van der Waals surface area contributed by atoms with Crippen molar-refractivity contribution in [2.45, 2.75) is 39.2 Å². The molecule has 0 heterocycles. The lowest BCUT2D eigenvalue weighted by molar-refractivity contribution is -0.128. The molecule has 0 unspecified atom stereocenters. The van der Waals surface area contributed by atoms with E-state index in [2.05, 4.69) is 5.32 Å². The molecule has 0 radical (unpaired) electrons. The molecule has 0 fully saturated rings. The summed E-state index contributed by atoms with van der Waals surface area (Å²) in [7, 11) is 3.48. The van der Waals surface area contributed by atoms with E-state index < -0.39 is 11.7 Å². The second kappa shape index (κ2) is 10.5. The highest BCUT2D eigenvalue weighted by Gasteiger charge is 2.15. The number of hydrogen-bond acceptors (Lipinski definition) is 5. The van der Waals surface area contributed by atoms with Crippen LogP contribution in [-0.4, -0.2) is 56.4 Å². The summed E-state index contributed by atoms with van der Waals surface area (Å²) in [4.78, 5) is 24.6. The van der Waals surface area contributed by atoms with Crippen molar-refractivity contribution in [3.63, 3.8) is 0 Å². The van der Waals surface area contributed by atoms with Crippen molar-refractivity contribution < 1.29 is 23.8 Å². The first kappa shape index (κ1) is 21.6. The lowest BCUT2D eigenvalue weighted by Crippen LogP contribution is -2.34. The monoisotopic (exact) mass is 366 g/mol. The number of rotatable bonds is 9. The molecule has 0 bridgehead atoms. The summed E-state index contributed by atoms with van der Waals surface area (Å²) < 4.78 is 16.4. The fourth-order valence-corrected chi connectivity index (χ4v) is 1.93. The van der Waals surface area contributed by atoms with E-state index in [0.29, 0.717) is 44.1 Å². The normalized spacial score (nSPS) is 10.8. The highest BCUT2D eigenvalue weighted by atomic mass is 16.6. The Kier molecular flexibility index (Phi) is 8.75. The zero-order chi connectivity index (χ0) is 19.6. The number of benzene rings is 1. The summed E-state index contributed by atoms with van der Waals surface area (Å²) in [6.45, 7) is 6.55. The molecule has 0 spiro atoms. The van der Waals surface area contributed by atoms with Gasteiger partial charge in [0, 0.05) is 26.6 Å². The van der Waals surface area contributed by atoms with Crippen LogP contribution in [0.25, 0.3) is 0 Å². The molecule has 1 rings (SSSR count). The van der Waals surface area contributed by atoms with Crippen LogP contribution in [0.5, 0.6) is 11.5 Å². The third kappa shape index (κ3) is 9.76. The van der Waals surface area contributed by atoms with E-state index in [9.17, 15) is 9.59 Å². The van der Waals surface area contributed by atoms with Crippen LogP contribution in [0.4, 0.5) is 4.79 Å². The number of ether oxygens (including phenoxy) is 3. The molecule has 0 aliphatic rings. The summed E-state index contributed by atoms with van der Waals surface area (Å²) in [5.74, 6) is 1.42. The number of carbonyl (C=O) groups is 2. The Labute approximate surface area is 155 Å². The zero-order valence-electron chi connectivity index (χ0n) is 16.3. The van der Waals surface area contributed by atoms with Gasteiger partial charge < -0.3 is 24.4 Å². The van der Waals surface area contributed by atoms with Crippen molar-refractivity contribution >= 4 is 12.0 Å². The molecule has 1 N–H and O–H groups in total. The maximum atomic E-state index is 11.5. The topological polar surface area (TPSA) is 77.1 Å². The molecule has 0 saturated carbocycles. The van der Waals surface area contributed by atoms with Gasteiger partial charge in [0.05, 0.1) is 13.2 Å². The molecule has 0 saturated heterocycles. The van der Waals surface area contributed by atoms with Crippen molar-refractivity contribution in [3.8, 4) is 11.5 Å². The van der Waals surface area contributed by atoms with Gasteiger partial charge >= 0.3 is 6.09 Å². The average molecular weight is 366 g/mol. The number of amides is 2. The van der Waals surface area contributed by atoms with Crippen molar-refractivity contribution in [1.82, 2.24) is 10.2 Å². The number of carbonyl (C=O) groups excluding carboxylic acids is 2. The SMILES string of the molecule is CN(C)C(=O)CCCOc1cccc(OCCNC(=O)OC(C)(C)C)c1. The molecule has 26 heavy (non-hydrogen) atoms. The smallest absolute Gasteiger partial charge is 0.407 e. The summed E-state index contributed by atoms with van der Waals surface area (Å²) in [5, 5.41) is 2.63. The van der Waals surface area contributed by atoms with E-state index in [1.54, 1.807) is 25.1 Å². The maximum absolute atomic E-state index is 11.5. The zero-order valence-corrected chi connectivity index (χ0v) is 16.3. The Hall–Kier alpha value is -2.44. The third-order valence-electron chi connectivity index (χ3n) is 3.15. The Bertz CT molecular complexity index is 582. The van der Waals surface area contributed by atoms with E-state index in [0.717, 1.165) is 0 Å². The average Bonchev–Trinajstić information content (AvgIpc) is 2.54. The van der Waals surface area contributed by atoms with Crippen LogP contribution >= 0.6 is 0 Å². The van der Waals surface area contributed by atoms with E-state index in [-0.39, 0.29) is 5.91 Å². The van der Waals surface area contributed by atoms with Crippen LogP contribution in [0, 0.1) is 0 Å². The van der Waals surface area contributed by atoms with E-state index in [1.807, 2.05) is 39.0 Å². The summed E-state index contributed by atoms with van der Waals surface area (Å²) in [6.07, 6.45) is 0.645. The number of alkyl carbamates (subject to hydrolysis) is 1. The molecule has 1 aromatic rings. The molecule has 7 nitrogen and oxygen atoms in total. The molecule has 0 aliphatic heterocycles. The molecule has 1 aromatic carbocycles. The van der Waals surface area contributed by atoms with Gasteiger partial charge in [-0.15, -0.1) is 0 Å². The molecule has 0 aliphatic carbocycles. The molecule has 2 amide bonds. The minimum absolute atomic E-state index is 0.0863. The molecular formula is C19H30N2O5. The summed E-state index contributed by atoms with van der Waals surface area (Å²) in [5.41, 5.74) is -0.520. The largest absolute Gasteiger partial charge is 0.493 e. The van der Waals surface area contributed by atoms with Crippen molar-refractivity contribution in [2.24, 2.45) is 0 Å². The first-order valence-electron chi connectivity index (χ1n) is 8.70. The Balaban J connectivity index is 2.27. The number of nitrogens with one attached hydrogen (secondary N) is 1. The second-order valence-corrected chi connectivity index (χ2v) is 6.99. The molecule has 146 valence electrons. The van der Waals surface area contributed by atoms with Gasteiger partial charge in [-0.3, -0.25) is 4.79 Å². The standard InChI is InChI=1S/C19H30N2O5/c1-19(2,3)26-18(23)20-11-13-25-16-9-6-8-15(14-16)24-12-7-10-17(22)21(4)5/h6,8-9,14H,7,10-13H2,1-5H3,(H,20,23). The Morgan fingerprint density at radius 1 is 1.08 bits per heavy atom. The predicted octanol–water partition coefficient (Wildman–Crippen LogP) is 2.84. The first-order valence-corrected chi connectivity index (χ1v) is 8.70. The van der Waals surface area contributed by atoms with E-state index in [1.165, 1.54) is 0 Å². The van der Waals surface area contributed by atoms with Crippen LogP contribution in [-0.2, 0) is 9.53 Å². The summed E-state index contributed by atoms with van der Waals surface area (Å²) in [6, 6.07) is 7.26. The second-order valence-electron chi connectivity index (χ2n) is 6.99. The van der Waals surface area contributed by atoms with E-state index in [4.69, 9.17) is 14.2 Å². The predicted molar refractivity (Wildman–Crippen MR) is 99.6 cm³/mol. The van der Waals surface area contributed by atoms with Crippen LogP contribution in [0.1, 0.15) is 33.6 Å². The van der Waals surface area contributed by atoms with Crippen molar-refractivity contribution in [3.05, 3.63) is 24.3 Å². The highest BCUT2D eigenvalue weighted by Crippen LogP contribution is 2.19. The third-order valence-corrected chi connectivity index (χ3v) is 3.15. The summed E-state index contributed by atoms with van der Waals surface area (Å²) >= 11 is 0. The van der Waals surface area contributed by atoms with Crippen molar-refractivity contribution in [2.75, 3.05) is 33.9 Å².